The first-order valence-electron chi connectivity index (χ1n) is 9.25. The first-order chi connectivity index (χ1) is 13.2. The number of morpholine rings is 1. The van der Waals surface area contributed by atoms with Gasteiger partial charge in [0.1, 0.15) is 5.82 Å². The molecule has 2 aliphatic heterocycles. The van der Waals surface area contributed by atoms with Crippen LogP contribution in [0.4, 0.5) is 11.8 Å². The van der Waals surface area contributed by atoms with Gasteiger partial charge in [-0.05, 0) is 25.0 Å². The molecular formula is C19H23N5O3. The molecule has 2 aromatic heterocycles. The van der Waals surface area contributed by atoms with Crippen LogP contribution in [0.25, 0.3) is 11.3 Å². The van der Waals surface area contributed by atoms with Crippen molar-refractivity contribution in [2.24, 2.45) is 5.92 Å². The standard InChI is InChI=1S/C19H23N5O3/c20-19-21-11-15(12-22-19)16-9-14(18(25)13-1-5-26-6-2-13)10-17(23-16)24-3-7-27-8-4-24/h9-13H,1-8H2,(H2,20,21,22). The van der Waals surface area contributed by atoms with E-state index in [9.17, 15) is 4.79 Å². The average molecular weight is 369 g/mol. The molecule has 8 nitrogen and oxygen atoms in total. The van der Waals surface area contributed by atoms with Gasteiger partial charge in [0.05, 0.1) is 18.9 Å². The lowest BCUT2D eigenvalue weighted by Gasteiger charge is -2.29. The largest absolute Gasteiger partial charge is 0.381 e. The first-order valence-corrected chi connectivity index (χ1v) is 9.25. The van der Waals surface area contributed by atoms with Crippen LogP contribution in [-0.2, 0) is 9.47 Å². The molecule has 2 aliphatic rings. The van der Waals surface area contributed by atoms with Crippen molar-refractivity contribution < 1.29 is 14.3 Å². The van der Waals surface area contributed by atoms with Crippen molar-refractivity contribution in [2.45, 2.75) is 12.8 Å². The summed E-state index contributed by atoms with van der Waals surface area (Å²) < 4.78 is 10.8. The monoisotopic (exact) mass is 369 g/mol. The third-order valence-electron chi connectivity index (χ3n) is 4.99. The Morgan fingerprint density at radius 1 is 1.04 bits per heavy atom. The molecule has 142 valence electrons. The summed E-state index contributed by atoms with van der Waals surface area (Å²) >= 11 is 0. The highest BCUT2D eigenvalue weighted by Crippen LogP contribution is 2.27. The summed E-state index contributed by atoms with van der Waals surface area (Å²) in [7, 11) is 0. The minimum absolute atomic E-state index is 0.00536. The molecule has 0 radical (unpaired) electrons. The van der Waals surface area contributed by atoms with Gasteiger partial charge in [0.2, 0.25) is 5.95 Å². The maximum Gasteiger partial charge on any atom is 0.219 e. The van der Waals surface area contributed by atoms with E-state index in [1.807, 2.05) is 12.1 Å². The topological polar surface area (TPSA) is 103 Å². The number of nitrogens with zero attached hydrogens (tertiary/aromatic N) is 4. The SMILES string of the molecule is Nc1ncc(-c2cc(C(=O)C3CCOCC3)cc(N3CCOCC3)n2)cn1. The molecule has 0 spiro atoms. The predicted octanol–water partition coefficient (Wildman–Crippen LogP) is 1.57. The van der Waals surface area contributed by atoms with Crippen molar-refractivity contribution in [2.75, 3.05) is 50.2 Å². The lowest BCUT2D eigenvalue weighted by atomic mass is 9.90. The smallest absolute Gasteiger partial charge is 0.219 e. The maximum absolute atomic E-state index is 13.1. The molecule has 8 heteroatoms. The second kappa shape index (κ2) is 7.98. The lowest BCUT2D eigenvalue weighted by Crippen LogP contribution is -2.37. The summed E-state index contributed by atoms with van der Waals surface area (Å²) in [5, 5.41) is 0. The van der Waals surface area contributed by atoms with Gasteiger partial charge in [-0.25, -0.2) is 15.0 Å². The highest BCUT2D eigenvalue weighted by molar-refractivity contribution is 5.99. The summed E-state index contributed by atoms with van der Waals surface area (Å²) in [6.45, 7) is 4.08. The highest BCUT2D eigenvalue weighted by Gasteiger charge is 2.25. The second-order valence-electron chi connectivity index (χ2n) is 6.78. The molecule has 0 aliphatic carbocycles. The molecule has 0 saturated carbocycles. The number of Topliss-reactive ketones (excluding diaryl/α,β-unsaturated/α-hetero) is 1. The van der Waals surface area contributed by atoms with Crippen molar-refractivity contribution in [3.63, 3.8) is 0 Å². The molecule has 0 unspecified atom stereocenters. The minimum atomic E-state index is -0.00536. The second-order valence-corrected chi connectivity index (χ2v) is 6.78. The fourth-order valence-corrected chi connectivity index (χ4v) is 3.43. The van der Waals surface area contributed by atoms with E-state index >= 15 is 0 Å². The Labute approximate surface area is 157 Å². The van der Waals surface area contributed by atoms with Gasteiger partial charge in [-0.1, -0.05) is 0 Å². The van der Waals surface area contributed by atoms with Crippen LogP contribution in [0.5, 0.6) is 0 Å². The van der Waals surface area contributed by atoms with Gasteiger partial charge in [0.25, 0.3) is 0 Å². The van der Waals surface area contributed by atoms with E-state index in [2.05, 4.69) is 14.9 Å². The van der Waals surface area contributed by atoms with Crippen molar-refractivity contribution in [1.82, 2.24) is 15.0 Å². The Morgan fingerprint density at radius 2 is 1.70 bits per heavy atom. The van der Waals surface area contributed by atoms with Crippen molar-refractivity contribution >= 4 is 17.5 Å². The Bertz CT molecular complexity index is 799. The molecule has 27 heavy (non-hydrogen) atoms. The van der Waals surface area contributed by atoms with Crippen LogP contribution >= 0.6 is 0 Å². The molecule has 2 aromatic rings. The number of hydrogen-bond donors (Lipinski definition) is 1. The fourth-order valence-electron chi connectivity index (χ4n) is 3.43. The Balaban J connectivity index is 1.71. The van der Waals surface area contributed by atoms with E-state index in [0.29, 0.717) is 37.7 Å². The normalized spacial score (nSPS) is 18.4. The van der Waals surface area contributed by atoms with Crippen LogP contribution in [-0.4, -0.2) is 60.3 Å². The van der Waals surface area contributed by atoms with Crippen LogP contribution in [0, 0.1) is 5.92 Å². The predicted molar refractivity (Wildman–Crippen MR) is 101 cm³/mol. The van der Waals surface area contributed by atoms with E-state index in [0.717, 1.165) is 37.3 Å². The van der Waals surface area contributed by atoms with E-state index in [1.165, 1.54) is 0 Å². The summed E-state index contributed by atoms with van der Waals surface area (Å²) in [6.07, 6.45) is 4.79. The van der Waals surface area contributed by atoms with Gasteiger partial charge < -0.3 is 20.1 Å². The van der Waals surface area contributed by atoms with Crippen LogP contribution in [0.2, 0.25) is 0 Å². The van der Waals surface area contributed by atoms with Crippen molar-refractivity contribution in [3.8, 4) is 11.3 Å². The maximum atomic E-state index is 13.1. The van der Waals surface area contributed by atoms with E-state index in [4.69, 9.17) is 20.2 Å². The number of anilines is 2. The number of pyridine rings is 1. The minimum Gasteiger partial charge on any atom is -0.381 e. The Hall–Kier alpha value is -2.58. The van der Waals surface area contributed by atoms with Gasteiger partial charge in [-0.2, -0.15) is 0 Å². The van der Waals surface area contributed by atoms with E-state index < -0.39 is 0 Å². The Kier molecular flexibility index (Phi) is 5.26. The van der Waals surface area contributed by atoms with Gasteiger partial charge in [0, 0.05) is 55.7 Å². The third-order valence-corrected chi connectivity index (χ3v) is 4.99. The number of ether oxygens (including phenoxy) is 2. The number of rotatable bonds is 4. The number of nitrogen functional groups attached to an aromatic ring is 1. The molecule has 2 saturated heterocycles. The molecule has 0 amide bonds. The molecule has 4 heterocycles. The van der Waals surface area contributed by atoms with E-state index in [-0.39, 0.29) is 17.6 Å². The molecule has 0 atom stereocenters. The number of hydrogen-bond acceptors (Lipinski definition) is 8. The number of carbonyl (C=O) groups excluding carboxylic acids is 1. The molecular weight excluding hydrogens is 346 g/mol. The third kappa shape index (κ3) is 4.06. The highest BCUT2D eigenvalue weighted by atomic mass is 16.5. The summed E-state index contributed by atoms with van der Waals surface area (Å²) in [5.41, 5.74) is 7.68. The first kappa shape index (κ1) is 17.8. The Morgan fingerprint density at radius 3 is 2.41 bits per heavy atom. The molecule has 0 aromatic carbocycles. The summed E-state index contributed by atoms with van der Waals surface area (Å²) in [4.78, 5) is 28.1. The van der Waals surface area contributed by atoms with Crippen molar-refractivity contribution in [1.29, 1.82) is 0 Å². The lowest BCUT2D eigenvalue weighted by molar-refractivity contribution is 0.0545. The van der Waals surface area contributed by atoms with Gasteiger partial charge in [-0.3, -0.25) is 4.79 Å². The summed E-state index contributed by atoms with van der Waals surface area (Å²) in [5.74, 6) is 1.13. The molecule has 2 fully saturated rings. The summed E-state index contributed by atoms with van der Waals surface area (Å²) in [6, 6.07) is 3.72. The van der Waals surface area contributed by atoms with Crippen LogP contribution in [0.15, 0.2) is 24.5 Å². The van der Waals surface area contributed by atoms with Crippen molar-refractivity contribution in [3.05, 3.63) is 30.1 Å². The van der Waals surface area contributed by atoms with Crippen LogP contribution in [0.3, 0.4) is 0 Å². The van der Waals surface area contributed by atoms with Gasteiger partial charge in [-0.15, -0.1) is 0 Å². The van der Waals surface area contributed by atoms with Crippen LogP contribution < -0.4 is 10.6 Å². The average Bonchev–Trinajstić information content (AvgIpc) is 2.74. The van der Waals surface area contributed by atoms with E-state index in [1.54, 1.807) is 12.4 Å². The number of ketones is 1. The van der Waals surface area contributed by atoms with Gasteiger partial charge in [0.15, 0.2) is 5.78 Å². The zero-order valence-corrected chi connectivity index (χ0v) is 15.1. The molecule has 2 N–H and O–H groups in total. The fraction of sp³-hybridized carbons (Fsp3) is 0.474. The van der Waals surface area contributed by atoms with Crippen LogP contribution in [0.1, 0.15) is 23.2 Å². The molecule has 0 bridgehead atoms. The van der Waals surface area contributed by atoms with Gasteiger partial charge >= 0.3 is 0 Å². The number of nitrogens with two attached hydrogens (primary N) is 1. The zero-order valence-electron chi connectivity index (χ0n) is 15.1. The quantitative estimate of drug-likeness (QED) is 0.810. The number of carbonyl (C=O) groups is 1. The number of aromatic nitrogens is 3. The molecule has 4 rings (SSSR count). The zero-order chi connectivity index (χ0) is 18.6.